The summed E-state index contributed by atoms with van der Waals surface area (Å²) < 4.78 is 0. The van der Waals surface area contributed by atoms with Gasteiger partial charge in [0.25, 0.3) is 0 Å². The van der Waals surface area contributed by atoms with Crippen LogP contribution in [0.4, 0.5) is 11.6 Å². The third-order valence-electron chi connectivity index (χ3n) is 3.84. The van der Waals surface area contributed by atoms with Gasteiger partial charge in [-0.1, -0.05) is 0 Å². The number of aryl methyl sites for hydroxylation is 1. The molecular formula is C14H24N4O. The summed E-state index contributed by atoms with van der Waals surface area (Å²) in [7, 11) is 4.12. The molecule has 1 N–H and O–H groups in total. The Morgan fingerprint density at radius 2 is 1.95 bits per heavy atom. The highest BCUT2D eigenvalue weighted by Crippen LogP contribution is 2.28. The van der Waals surface area contributed by atoms with Crippen LogP contribution in [0, 0.1) is 6.92 Å². The molecule has 0 atom stereocenters. The standard InChI is InChI=1S/C14H24N4O/c1-11-15-13(17(2)8-5-9-19)10-14(16-11)18(3)12-6-4-7-12/h10,12,19H,4-9H2,1-3H3. The van der Waals surface area contributed by atoms with Crippen LogP contribution in [0.2, 0.25) is 0 Å². The Hall–Kier alpha value is -1.36. The van der Waals surface area contributed by atoms with Gasteiger partial charge in [-0.3, -0.25) is 0 Å². The Morgan fingerprint density at radius 3 is 2.53 bits per heavy atom. The number of hydrogen-bond donors (Lipinski definition) is 1. The lowest BCUT2D eigenvalue weighted by atomic mass is 9.92. The summed E-state index contributed by atoms with van der Waals surface area (Å²) in [6.45, 7) is 2.95. The molecule has 0 saturated heterocycles. The van der Waals surface area contributed by atoms with E-state index in [4.69, 9.17) is 5.11 Å². The zero-order valence-corrected chi connectivity index (χ0v) is 12.1. The van der Waals surface area contributed by atoms with Crippen molar-refractivity contribution in [1.29, 1.82) is 0 Å². The summed E-state index contributed by atoms with van der Waals surface area (Å²) in [6, 6.07) is 2.67. The molecule has 0 aromatic carbocycles. The number of hydrogen-bond acceptors (Lipinski definition) is 5. The first-order valence-electron chi connectivity index (χ1n) is 7.02. The maximum absolute atomic E-state index is 8.90. The molecule has 19 heavy (non-hydrogen) atoms. The van der Waals surface area contributed by atoms with Crippen LogP contribution in [0.1, 0.15) is 31.5 Å². The summed E-state index contributed by atoms with van der Waals surface area (Å²) in [4.78, 5) is 13.4. The predicted molar refractivity (Wildman–Crippen MR) is 77.8 cm³/mol. The van der Waals surface area contributed by atoms with Gasteiger partial charge in [-0.05, 0) is 32.6 Å². The van der Waals surface area contributed by atoms with Crippen molar-refractivity contribution in [2.24, 2.45) is 0 Å². The van der Waals surface area contributed by atoms with Crippen molar-refractivity contribution in [3.8, 4) is 0 Å². The van der Waals surface area contributed by atoms with Gasteiger partial charge >= 0.3 is 0 Å². The van der Waals surface area contributed by atoms with E-state index in [1.165, 1.54) is 19.3 Å². The molecule has 1 saturated carbocycles. The van der Waals surface area contributed by atoms with Gasteiger partial charge in [0.1, 0.15) is 17.5 Å². The van der Waals surface area contributed by atoms with Crippen LogP contribution >= 0.6 is 0 Å². The van der Waals surface area contributed by atoms with Gasteiger partial charge in [0.2, 0.25) is 0 Å². The minimum atomic E-state index is 0.212. The maximum Gasteiger partial charge on any atom is 0.134 e. The molecule has 0 bridgehead atoms. The molecular weight excluding hydrogens is 240 g/mol. The number of aliphatic hydroxyl groups excluding tert-OH is 1. The van der Waals surface area contributed by atoms with Crippen LogP contribution in [0.15, 0.2) is 6.07 Å². The van der Waals surface area contributed by atoms with Gasteiger partial charge in [0.05, 0.1) is 0 Å². The molecule has 5 heteroatoms. The Morgan fingerprint density at radius 1 is 1.26 bits per heavy atom. The molecule has 0 amide bonds. The van der Waals surface area contributed by atoms with Crippen LogP contribution in [0.3, 0.4) is 0 Å². The summed E-state index contributed by atoms with van der Waals surface area (Å²) >= 11 is 0. The van der Waals surface area contributed by atoms with E-state index in [1.807, 2.05) is 20.0 Å². The molecule has 1 heterocycles. The lowest BCUT2D eigenvalue weighted by molar-refractivity contribution is 0.290. The molecule has 1 aliphatic rings. The fraction of sp³-hybridized carbons (Fsp3) is 0.714. The van der Waals surface area contributed by atoms with Crippen LogP contribution < -0.4 is 9.80 Å². The highest BCUT2D eigenvalue weighted by atomic mass is 16.3. The summed E-state index contributed by atoms with van der Waals surface area (Å²) in [6.07, 6.45) is 4.60. The minimum Gasteiger partial charge on any atom is -0.396 e. The van der Waals surface area contributed by atoms with Gasteiger partial charge in [0.15, 0.2) is 0 Å². The Kier molecular flexibility index (Phi) is 4.58. The number of aliphatic hydroxyl groups is 1. The fourth-order valence-corrected chi connectivity index (χ4v) is 2.30. The summed E-state index contributed by atoms with van der Waals surface area (Å²) in [5, 5.41) is 8.90. The van der Waals surface area contributed by atoms with Crippen molar-refractivity contribution in [3.05, 3.63) is 11.9 Å². The molecule has 0 unspecified atom stereocenters. The molecule has 0 aliphatic heterocycles. The van der Waals surface area contributed by atoms with E-state index in [9.17, 15) is 0 Å². The number of nitrogens with zero attached hydrogens (tertiary/aromatic N) is 4. The summed E-state index contributed by atoms with van der Waals surface area (Å²) in [5.74, 6) is 2.74. The van der Waals surface area contributed by atoms with E-state index in [2.05, 4.69) is 26.8 Å². The van der Waals surface area contributed by atoms with Crippen molar-refractivity contribution in [1.82, 2.24) is 9.97 Å². The maximum atomic E-state index is 8.90. The van der Waals surface area contributed by atoms with Gasteiger partial charge in [-0.2, -0.15) is 0 Å². The molecule has 106 valence electrons. The second kappa shape index (κ2) is 6.19. The topological polar surface area (TPSA) is 52.5 Å². The number of anilines is 2. The van der Waals surface area contributed by atoms with E-state index in [1.54, 1.807) is 0 Å². The molecule has 0 spiro atoms. The van der Waals surface area contributed by atoms with Gasteiger partial charge < -0.3 is 14.9 Å². The smallest absolute Gasteiger partial charge is 0.134 e. The van der Waals surface area contributed by atoms with Crippen molar-refractivity contribution in [3.63, 3.8) is 0 Å². The fourth-order valence-electron chi connectivity index (χ4n) is 2.30. The highest BCUT2D eigenvalue weighted by Gasteiger charge is 2.23. The molecule has 0 radical (unpaired) electrons. The molecule has 5 nitrogen and oxygen atoms in total. The van der Waals surface area contributed by atoms with Crippen LogP contribution in [-0.2, 0) is 0 Å². The van der Waals surface area contributed by atoms with Crippen molar-refractivity contribution < 1.29 is 5.11 Å². The van der Waals surface area contributed by atoms with E-state index < -0.39 is 0 Å². The Labute approximate surface area is 115 Å². The molecule has 2 rings (SSSR count). The lowest BCUT2D eigenvalue weighted by Crippen LogP contribution is -2.38. The quantitative estimate of drug-likeness (QED) is 0.845. The largest absolute Gasteiger partial charge is 0.396 e. The van der Waals surface area contributed by atoms with Crippen LogP contribution in [-0.4, -0.2) is 48.4 Å². The second-order valence-corrected chi connectivity index (χ2v) is 5.33. The first-order valence-corrected chi connectivity index (χ1v) is 7.02. The summed E-state index contributed by atoms with van der Waals surface area (Å²) in [5.41, 5.74) is 0. The first-order chi connectivity index (χ1) is 9.11. The molecule has 1 fully saturated rings. The zero-order chi connectivity index (χ0) is 13.8. The monoisotopic (exact) mass is 264 g/mol. The molecule has 1 aliphatic carbocycles. The third kappa shape index (κ3) is 3.35. The number of rotatable bonds is 6. The highest BCUT2D eigenvalue weighted by molar-refractivity contribution is 5.51. The predicted octanol–water partition coefficient (Wildman–Crippen LogP) is 1.59. The molecule has 1 aromatic heterocycles. The van der Waals surface area contributed by atoms with Gasteiger partial charge in [-0.15, -0.1) is 0 Å². The van der Waals surface area contributed by atoms with Gasteiger partial charge in [0, 0.05) is 39.4 Å². The Bertz CT molecular complexity index is 420. The van der Waals surface area contributed by atoms with Crippen LogP contribution in [0.5, 0.6) is 0 Å². The second-order valence-electron chi connectivity index (χ2n) is 5.33. The number of aromatic nitrogens is 2. The van der Waals surface area contributed by atoms with Crippen molar-refractivity contribution in [2.75, 3.05) is 37.0 Å². The van der Waals surface area contributed by atoms with Crippen molar-refractivity contribution >= 4 is 11.6 Å². The lowest BCUT2D eigenvalue weighted by Gasteiger charge is -2.36. The van der Waals surface area contributed by atoms with E-state index in [0.717, 1.165) is 30.4 Å². The van der Waals surface area contributed by atoms with Gasteiger partial charge in [-0.25, -0.2) is 9.97 Å². The third-order valence-corrected chi connectivity index (χ3v) is 3.84. The average Bonchev–Trinajstić information content (AvgIpc) is 2.33. The SMILES string of the molecule is Cc1nc(N(C)CCCO)cc(N(C)C2CCC2)n1. The average molecular weight is 264 g/mol. The van der Waals surface area contributed by atoms with Crippen molar-refractivity contribution in [2.45, 2.75) is 38.6 Å². The van der Waals surface area contributed by atoms with Crippen LogP contribution in [0.25, 0.3) is 0 Å². The minimum absolute atomic E-state index is 0.212. The Balaban J connectivity index is 2.13. The normalized spacial score (nSPS) is 15.2. The zero-order valence-electron chi connectivity index (χ0n) is 12.1. The van der Waals surface area contributed by atoms with E-state index in [0.29, 0.717) is 6.04 Å². The van der Waals surface area contributed by atoms with E-state index in [-0.39, 0.29) is 6.61 Å². The van der Waals surface area contributed by atoms with E-state index >= 15 is 0 Å². The molecule has 1 aromatic rings. The first kappa shape index (κ1) is 14.1.